The molecule has 0 rings (SSSR count). The molecule has 0 fully saturated rings. The van der Waals surface area contributed by atoms with Crippen LogP contribution in [0.25, 0.3) is 0 Å². The summed E-state index contributed by atoms with van der Waals surface area (Å²) >= 11 is 0. The molecule has 1 amide bonds. The first-order valence-corrected chi connectivity index (χ1v) is 36.4. The molecule has 0 aliphatic heterocycles. The van der Waals surface area contributed by atoms with E-state index in [1.807, 2.05) is 0 Å². The van der Waals surface area contributed by atoms with Gasteiger partial charge in [0.1, 0.15) is 0 Å². The Morgan fingerprint density at radius 3 is 0.899 bits per heavy atom. The Bertz CT molecular complexity index is 1190. The van der Waals surface area contributed by atoms with E-state index in [-0.39, 0.29) is 18.5 Å². The highest BCUT2D eigenvalue weighted by Gasteiger charge is 2.20. The quantitative estimate of drug-likeness (QED) is 0.0320. The van der Waals surface area contributed by atoms with Gasteiger partial charge in [0.05, 0.1) is 25.4 Å². The molecule has 0 aromatic carbocycles. The van der Waals surface area contributed by atoms with Gasteiger partial charge in [-0.3, -0.25) is 9.59 Å². The third-order valence-corrected chi connectivity index (χ3v) is 17.3. The Kier molecular flexibility index (Phi) is 67.9. The molecule has 0 spiro atoms. The van der Waals surface area contributed by atoms with Crippen LogP contribution in [0.5, 0.6) is 0 Å². The average molecular weight is 1110 g/mol. The van der Waals surface area contributed by atoms with E-state index in [0.717, 1.165) is 38.5 Å². The maximum atomic E-state index is 12.5. The zero-order valence-electron chi connectivity index (χ0n) is 53.9. The molecule has 2 atom stereocenters. The Balaban J connectivity index is 3.30. The van der Waals surface area contributed by atoms with Gasteiger partial charge in [-0.25, -0.2) is 0 Å². The van der Waals surface area contributed by atoms with E-state index in [1.165, 1.54) is 347 Å². The predicted molar refractivity (Wildman–Crippen MR) is 347 cm³/mol. The summed E-state index contributed by atoms with van der Waals surface area (Å²) < 4.78 is 5.51. The smallest absolute Gasteiger partial charge is 0.305 e. The van der Waals surface area contributed by atoms with Crippen molar-refractivity contribution < 1.29 is 24.5 Å². The second-order valence-corrected chi connectivity index (χ2v) is 25.3. The number of ether oxygens (including phenoxy) is 1. The number of allylic oxidation sites excluding steroid dienone is 2. The lowest BCUT2D eigenvalue weighted by atomic mass is 10.0. The number of amides is 1. The summed E-state index contributed by atoms with van der Waals surface area (Å²) in [5, 5.41) is 23.3. The number of hydrogen-bond acceptors (Lipinski definition) is 5. The first-order valence-electron chi connectivity index (χ1n) is 36.4. The second-order valence-electron chi connectivity index (χ2n) is 25.3. The lowest BCUT2D eigenvalue weighted by molar-refractivity contribution is -0.143. The highest BCUT2D eigenvalue weighted by molar-refractivity contribution is 5.76. The molecule has 0 aliphatic carbocycles. The SMILES string of the molecule is CCCCCCCCC/C=C\CCCCCCCCCC(=O)OCCCCCCCCCCCCCCCCCCCCCCCCCCCCCCCCCC(=O)NC(CO)C(O)CCCCCCCCCCCCCCC. The molecule has 2 unspecified atom stereocenters. The molecule has 0 aromatic heterocycles. The minimum atomic E-state index is -0.660. The molecule has 0 radical (unpaired) electrons. The van der Waals surface area contributed by atoms with Gasteiger partial charge in [-0.05, 0) is 51.4 Å². The van der Waals surface area contributed by atoms with Gasteiger partial charge in [-0.15, -0.1) is 0 Å². The topological polar surface area (TPSA) is 95.9 Å². The van der Waals surface area contributed by atoms with Gasteiger partial charge in [0.2, 0.25) is 5.91 Å². The molecule has 6 nitrogen and oxygen atoms in total. The summed E-state index contributed by atoms with van der Waals surface area (Å²) in [6.07, 6.45) is 85.7. The van der Waals surface area contributed by atoms with E-state index >= 15 is 0 Å². The molecule has 0 aromatic rings. The van der Waals surface area contributed by atoms with Crippen molar-refractivity contribution in [2.45, 2.75) is 431 Å². The number of nitrogens with one attached hydrogen (secondary N) is 1. The molecule has 0 heterocycles. The Labute approximate surface area is 495 Å². The van der Waals surface area contributed by atoms with Crippen molar-refractivity contribution in [1.29, 1.82) is 0 Å². The van der Waals surface area contributed by atoms with Crippen LogP contribution in [-0.4, -0.2) is 47.4 Å². The number of carbonyl (C=O) groups is 2. The fourth-order valence-corrected chi connectivity index (χ4v) is 11.8. The first-order chi connectivity index (χ1) is 39.0. The van der Waals surface area contributed by atoms with Crippen LogP contribution in [0.1, 0.15) is 418 Å². The van der Waals surface area contributed by atoms with Crippen molar-refractivity contribution >= 4 is 11.9 Å². The van der Waals surface area contributed by atoms with Crippen LogP contribution in [0, 0.1) is 0 Å². The summed E-state index contributed by atoms with van der Waals surface area (Å²) in [6.45, 7) is 4.99. The molecule has 3 N–H and O–H groups in total. The average Bonchev–Trinajstić information content (AvgIpc) is 3.45. The number of hydrogen-bond donors (Lipinski definition) is 3. The normalized spacial score (nSPS) is 12.5. The van der Waals surface area contributed by atoms with E-state index in [4.69, 9.17) is 4.74 Å². The van der Waals surface area contributed by atoms with Crippen molar-refractivity contribution in [2.24, 2.45) is 0 Å². The second kappa shape index (κ2) is 69.1. The number of unbranched alkanes of at least 4 members (excludes halogenated alkanes) is 56. The van der Waals surface area contributed by atoms with E-state index in [9.17, 15) is 19.8 Å². The number of aliphatic hydroxyl groups is 2. The first kappa shape index (κ1) is 77.6. The Morgan fingerprint density at radius 2 is 0.595 bits per heavy atom. The monoisotopic (exact) mass is 1110 g/mol. The Morgan fingerprint density at radius 1 is 0.342 bits per heavy atom. The van der Waals surface area contributed by atoms with Gasteiger partial charge >= 0.3 is 5.97 Å². The minimum absolute atomic E-state index is 0.0188. The minimum Gasteiger partial charge on any atom is -0.466 e. The van der Waals surface area contributed by atoms with Gasteiger partial charge in [0.15, 0.2) is 0 Å². The van der Waals surface area contributed by atoms with E-state index in [2.05, 4.69) is 31.3 Å². The Hall–Kier alpha value is -1.40. The number of aliphatic hydroxyl groups excluding tert-OH is 2. The van der Waals surface area contributed by atoms with Crippen molar-refractivity contribution in [3.05, 3.63) is 12.2 Å². The van der Waals surface area contributed by atoms with Crippen LogP contribution in [0.15, 0.2) is 12.2 Å². The van der Waals surface area contributed by atoms with E-state index in [1.54, 1.807) is 0 Å². The van der Waals surface area contributed by atoms with Crippen molar-refractivity contribution in [2.75, 3.05) is 13.2 Å². The highest BCUT2D eigenvalue weighted by atomic mass is 16.5. The molecule has 0 aliphatic rings. The fraction of sp³-hybridized carbons (Fsp3) is 0.945. The summed E-state index contributed by atoms with van der Waals surface area (Å²) in [5.41, 5.74) is 0. The van der Waals surface area contributed by atoms with Crippen LogP contribution in [0.2, 0.25) is 0 Å². The van der Waals surface area contributed by atoms with Gasteiger partial charge in [0.25, 0.3) is 0 Å². The molecular weight excluding hydrogens is 971 g/mol. The van der Waals surface area contributed by atoms with Crippen LogP contribution < -0.4 is 5.32 Å². The van der Waals surface area contributed by atoms with Gasteiger partial charge < -0.3 is 20.3 Å². The van der Waals surface area contributed by atoms with E-state index < -0.39 is 12.1 Å². The van der Waals surface area contributed by atoms with Gasteiger partial charge in [-0.1, -0.05) is 366 Å². The summed E-state index contributed by atoms with van der Waals surface area (Å²) in [6, 6.07) is -0.537. The third-order valence-electron chi connectivity index (χ3n) is 17.3. The maximum absolute atomic E-state index is 12.5. The molecule has 79 heavy (non-hydrogen) atoms. The zero-order valence-corrected chi connectivity index (χ0v) is 53.9. The fourth-order valence-electron chi connectivity index (χ4n) is 11.8. The van der Waals surface area contributed by atoms with E-state index in [0.29, 0.717) is 25.9 Å². The summed E-state index contributed by atoms with van der Waals surface area (Å²) in [4.78, 5) is 24.6. The summed E-state index contributed by atoms with van der Waals surface area (Å²) in [5.74, 6) is -0.00941. The van der Waals surface area contributed by atoms with Crippen molar-refractivity contribution in [3.63, 3.8) is 0 Å². The zero-order chi connectivity index (χ0) is 57.1. The lowest BCUT2D eigenvalue weighted by Gasteiger charge is -2.22. The molecular formula is C73H143NO5. The molecule has 6 heteroatoms. The molecule has 0 saturated heterocycles. The molecule has 0 saturated carbocycles. The van der Waals surface area contributed by atoms with Gasteiger partial charge in [0, 0.05) is 12.8 Å². The van der Waals surface area contributed by atoms with Crippen LogP contribution in [-0.2, 0) is 14.3 Å². The number of carbonyl (C=O) groups excluding carboxylic acids is 2. The van der Waals surface area contributed by atoms with Crippen molar-refractivity contribution in [3.8, 4) is 0 Å². The standard InChI is InChI=1S/C73H143NO5/c1-3-5-7-9-11-13-15-17-18-19-36-39-43-47-51-55-59-63-67-73(78)79-68-64-60-56-52-48-44-40-37-34-32-30-28-26-24-22-20-21-23-25-27-29-31-33-35-38-42-46-50-54-58-62-66-72(77)74-70(69-75)71(76)65-61-57-53-49-45-41-16-14-12-10-8-6-4-2/h18-19,70-71,75-76H,3-17,20-69H2,1-2H3,(H,74,77)/b19-18-. The van der Waals surface area contributed by atoms with Crippen molar-refractivity contribution in [1.82, 2.24) is 5.32 Å². The van der Waals surface area contributed by atoms with Crippen LogP contribution in [0.3, 0.4) is 0 Å². The maximum Gasteiger partial charge on any atom is 0.305 e. The third kappa shape index (κ3) is 65.6. The predicted octanol–water partition coefficient (Wildman–Crippen LogP) is 23.5. The molecule has 470 valence electrons. The largest absolute Gasteiger partial charge is 0.466 e. The highest BCUT2D eigenvalue weighted by Crippen LogP contribution is 2.19. The summed E-state index contributed by atoms with van der Waals surface area (Å²) in [7, 11) is 0. The molecule has 0 bridgehead atoms. The van der Waals surface area contributed by atoms with Crippen LogP contribution >= 0.6 is 0 Å². The number of rotatable bonds is 69. The van der Waals surface area contributed by atoms with Gasteiger partial charge in [-0.2, -0.15) is 0 Å². The number of esters is 1. The van der Waals surface area contributed by atoms with Crippen LogP contribution in [0.4, 0.5) is 0 Å². The lowest BCUT2D eigenvalue weighted by Crippen LogP contribution is -2.45.